The summed E-state index contributed by atoms with van der Waals surface area (Å²) < 4.78 is 44.0. The molecule has 0 fully saturated rings. The van der Waals surface area contributed by atoms with Gasteiger partial charge >= 0.3 is 12.1 Å². The molecule has 0 atom stereocenters. The third-order valence-electron chi connectivity index (χ3n) is 2.58. The Kier molecular flexibility index (Phi) is 4.09. The fourth-order valence-electron chi connectivity index (χ4n) is 1.66. The standard InChI is InChI=1S/C14H8ClF3O3/c15-8-4-6-9(7-5-8)21-12-10(13(19)20)2-1-3-11(12)14(16,17)18/h1-7H,(H,19,20). The Bertz CT molecular complexity index is 666. The normalized spacial score (nSPS) is 11.2. The van der Waals surface area contributed by atoms with Crippen molar-refractivity contribution in [2.45, 2.75) is 6.18 Å². The smallest absolute Gasteiger partial charge is 0.420 e. The maximum absolute atomic E-state index is 13.0. The number of ether oxygens (including phenoxy) is 1. The first-order valence-electron chi connectivity index (χ1n) is 5.66. The van der Waals surface area contributed by atoms with Gasteiger partial charge in [0.1, 0.15) is 11.3 Å². The Morgan fingerprint density at radius 1 is 1.10 bits per heavy atom. The zero-order chi connectivity index (χ0) is 15.6. The Balaban J connectivity index is 2.53. The van der Waals surface area contributed by atoms with Crippen molar-refractivity contribution in [1.29, 1.82) is 0 Å². The van der Waals surface area contributed by atoms with E-state index in [0.717, 1.165) is 18.2 Å². The lowest BCUT2D eigenvalue weighted by Gasteiger charge is -2.15. The van der Waals surface area contributed by atoms with E-state index in [0.29, 0.717) is 5.02 Å². The van der Waals surface area contributed by atoms with Gasteiger partial charge in [0.2, 0.25) is 0 Å². The zero-order valence-corrected chi connectivity index (χ0v) is 11.1. The van der Waals surface area contributed by atoms with E-state index in [-0.39, 0.29) is 5.75 Å². The highest BCUT2D eigenvalue weighted by molar-refractivity contribution is 6.30. The molecule has 7 heteroatoms. The van der Waals surface area contributed by atoms with Crippen LogP contribution < -0.4 is 4.74 Å². The van der Waals surface area contributed by atoms with E-state index in [1.165, 1.54) is 24.3 Å². The van der Waals surface area contributed by atoms with E-state index < -0.39 is 29.0 Å². The van der Waals surface area contributed by atoms with Crippen LogP contribution in [0.25, 0.3) is 0 Å². The molecule has 0 amide bonds. The second-order valence-electron chi connectivity index (χ2n) is 4.04. The SMILES string of the molecule is O=C(O)c1cccc(C(F)(F)F)c1Oc1ccc(Cl)cc1. The fourth-order valence-corrected chi connectivity index (χ4v) is 1.79. The molecule has 3 nitrogen and oxygen atoms in total. The van der Waals surface area contributed by atoms with Gasteiger partial charge in [-0.05, 0) is 36.4 Å². The van der Waals surface area contributed by atoms with Crippen molar-refractivity contribution in [3.05, 3.63) is 58.6 Å². The van der Waals surface area contributed by atoms with Crippen molar-refractivity contribution in [3.63, 3.8) is 0 Å². The quantitative estimate of drug-likeness (QED) is 0.880. The Hall–Kier alpha value is -2.21. The lowest BCUT2D eigenvalue weighted by Crippen LogP contribution is -2.11. The van der Waals surface area contributed by atoms with Crippen molar-refractivity contribution in [1.82, 2.24) is 0 Å². The highest BCUT2D eigenvalue weighted by Gasteiger charge is 2.36. The summed E-state index contributed by atoms with van der Waals surface area (Å²) in [5.41, 5.74) is -1.72. The van der Waals surface area contributed by atoms with Crippen LogP contribution in [0.3, 0.4) is 0 Å². The van der Waals surface area contributed by atoms with Crippen molar-refractivity contribution in [2.75, 3.05) is 0 Å². The van der Waals surface area contributed by atoms with Gasteiger partial charge in [0.05, 0.1) is 5.56 Å². The topological polar surface area (TPSA) is 46.5 Å². The minimum Gasteiger partial charge on any atom is -0.478 e. The summed E-state index contributed by atoms with van der Waals surface area (Å²) in [6.45, 7) is 0. The molecule has 0 radical (unpaired) electrons. The number of carbonyl (C=O) groups is 1. The number of carboxylic acid groups (broad SMARTS) is 1. The molecular weight excluding hydrogens is 309 g/mol. The number of hydrogen-bond donors (Lipinski definition) is 1. The van der Waals surface area contributed by atoms with E-state index in [4.69, 9.17) is 21.4 Å². The molecule has 2 rings (SSSR count). The molecule has 0 saturated heterocycles. The molecule has 1 N–H and O–H groups in total. The monoisotopic (exact) mass is 316 g/mol. The molecule has 0 unspecified atom stereocenters. The van der Waals surface area contributed by atoms with Gasteiger partial charge in [0.25, 0.3) is 0 Å². The van der Waals surface area contributed by atoms with Crippen LogP contribution in [0.4, 0.5) is 13.2 Å². The Morgan fingerprint density at radius 3 is 2.24 bits per heavy atom. The maximum atomic E-state index is 13.0. The number of alkyl halides is 3. The Labute approximate surface area is 122 Å². The van der Waals surface area contributed by atoms with Crippen LogP contribution in [-0.2, 0) is 6.18 Å². The molecule has 0 aliphatic rings. The minimum absolute atomic E-state index is 0.0543. The molecular formula is C14H8ClF3O3. The molecule has 0 aliphatic carbocycles. The molecule has 0 aliphatic heterocycles. The summed E-state index contributed by atoms with van der Waals surface area (Å²) in [4.78, 5) is 11.1. The molecule has 0 spiro atoms. The van der Waals surface area contributed by atoms with Crippen molar-refractivity contribution >= 4 is 17.6 Å². The predicted octanol–water partition coefficient (Wildman–Crippen LogP) is 4.85. The molecule has 2 aromatic rings. The van der Waals surface area contributed by atoms with E-state index in [2.05, 4.69) is 0 Å². The summed E-state index contributed by atoms with van der Waals surface area (Å²) >= 11 is 5.67. The van der Waals surface area contributed by atoms with Gasteiger partial charge in [0.15, 0.2) is 5.75 Å². The summed E-state index contributed by atoms with van der Waals surface area (Å²) in [5, 5.41) is 9.39. The lowest BCUT2D eigenvalue weighted by atomic mass is 10.1. The third kappa shape index (κ3) is 3.46. The summed E-state index contributed by atoms with van der Waals surface area (Å²) in [6, 6.07) is 8.37. The number of aromatic carboxylic acids is 1. The molecule has 0 bridgehead atoms. The van der Waals surface area contributed by atoms with Crippen LogP contribution in [0.1, 0.15) is 15.9 Å². The molecule has 2 aromatic carbocycles. The minimum atomic E-state index is -4.73. The van der Waals surface area contributed by atoms with Gasteiger partial charge in [-0.2, -0.15) is 13.2 Å². The number of carboxylic acids is 1. The number of rotatable bonds is 3. The van der Waals surface area contributed by atoms with Gasteiger partial charge in [-0.15, -0.1) is 0 Å². The number of halogens is 4. The van der Waals surface area contributed by atoms with Crippen LogP contribution >= 0.6 is 11.6 Å². The first kappa shape index (κ1) is 15.2. The Morgan fingerprint density at radius 2 is 1.71 bits per heavy atom. The highest BCUT2D eigenvalue weighted by atomic mass is 35.5. The molecule has 110 valence electrons. The third-order valence-corrected chi connectivity index (χ3v) is 2.84. The van der Waals surface area contributed by atoms with Crippen LogP contribution in [0.15, 0.2) is 42.5 Å². The van der Waals surface area contributed by atoms with Crippen molar-refractivity contribution in [2.24, 2.45) is 0 Å². The molecule has 0 heterocycles. The van der Waals surface area contributed by atoms with Crippen LogP contribution in [0.2, 0.25) is 5.02 Å². The van der Waals surface area contributed by atoms with Crippen molar-refractivity contribution in [3.8, 4) is 11.5 Å². The number of hydrogen-bond acceptors (Lipinski definition) is 2. The first-order chi connectivity index (χ1) is 9.79. The highest BCUT2D eigenvalue weighted by Crippen LogP contribution is 2.40. The molecule has 21 heavy (non-hydrogen) atoms. The average molecular weight is 317 g/mol. The van der Waals surface area contributed by atoms with Crippen LogP contribution in [-0.4, -0.2) is 11.1 Å². The number of para-hydroxylation sites is 1. The number of benzene rings is 2. The maximum Gasteiger partial charge on any atom is 0.420 e. The fraction of sp³-hybridized carbons (Fsp3) is 0.0714. The van der Waals surface area contributed by atoms with Crippen LogP contribution in [0, 0.1) is 0 Å². The van der Waals surface area contributed by atoms with Gasteiger partial charge in [-0.25, -0.2) is 4.79 Å². The first-order valence-corrected chi connectivity index (χ1v) is 6.04. The van der Waals surface area contributed by atoms with Gasteiger partial charge in [0, 0.05) is 5.02 Å². The van der Waals surface area contributed by atoms with E-state index in [9.17, 15) is 18.0 Å². The van der Waals surface area contributed by atoms with Gasteiger partial charge in [-0.3, -0.25) is 0 Å². The van der Waals surface area contributed by atoms with E-state index in [1.807, 2.05) is 0 Å². The summed E-state index contributed by atoms with van der Waals surface area (Å²) in [6.07, 6.45) is -4.73. The van der Waals surface area contributed by atoms with Crippen molar-refractivity contribution < 1.29 is 27.8 Å². The summed E-state index contributed by atoms with van der Waals surface area (Å²) in [5.74, 6) is -2.21. The van der Waals surface area contributed by atoms with Gasteiger partial charge < -0.3 is 9.84 Å². The van der Waals surface area contributed by atoms with E-state index in [1.54, 1.807) is 0 Å². The summed E-state index contributed by atoms with van der Waals surface area (Å²) in [7, 11) is 0. The molecule has 0 aromatic heterocycles. The predicted molar refractivity (Wildman–Crippen MR) is 69.9 cm³/mol. The zero-order valence-electron chi connectivity index (χ0n) is 10.3. The molecule has 0 saturated carbocycles. The second-order valence-corrected chi connectivity index (χ2v) is 4.48. The van der Waals surface area contributed by atoms with Crippen LogP contribution in [0.5, 0.6) is 11.5 Å². The van der Waals surface area contributed by atoms with E-state index >= 15 is 0 Å². The largest absolute Gasteiger partial charge is 0.478 e. The average Bonchev–Trinajstić information content (AvgIpc) is 2.40. The van der Waals surface area contributed by atoms with Gasteiger partial charge in [-0.1, -0.05) is 17.7 Å². The second kappa shape index (κ2) is 5.65. The lowest BCUT2D eigenvalue weighted by molar-refractivity contribution is -0.138.